The first-order valence-corrected chi connectivity index (χ1v) is 9.81. The van der Waals surface area contributed by atoms with E-state index < -0.39 is 33.2 Å². The SMILES string of the molecule is CN(CCCOc1cccc(S(C)(=O)=O)c1)C(=O)c1cc(F)c(F)c(F)c1. The van der Waals surface area contributed by atoms with Crippen molar-refractivity contribution in [1.29, 1.82) is 0 Å². The number of carbonyl (C=O) groups excluding carboxylic acids is 1. The predicted molar refractivity (Wildman–Crippen MR) is 92.9 cm³/mol. The van der Waals surface area contributed by atoms with Crippen molar-refractivity contribution in [3.05, 3.63) is 59.4 Å². The number of amides is 1. The van der Waals surface area contributed by atoms with Crippen LogP contribution in [0.4, 0.5) is 13.2 Å². The average molecular weight is 401 g/mol. The topological polar surface area (TPSA) is 63.7 Å². The minimum Gasteiger partial charge on any atom is -0.493 e. The van der Waals surface area contributed by atoms with E-state index in [4.69, 9.17) is 4.74 Å². The highest BCUT2D eigenvalue weighted by Gasteiger charge is 2.17. The first-order chi connectivity index (χ1) is 12.6. The molecule has 0 fully saturated rings. The Morgan fingerprint density at radius 3 is 2.33 bits per heavy atom. The molecule has 146 valence electrons. The molecule has 9 heteroatoms. The summed E-state index contributed by atoms with van der Waals surface area (Å²) in [5.41, 5.74) is -0.296. The average Bonchev–Trinajstić information content (AvgIpc) is 2.61. The number of hydrogen-bond donors (Lipinski definition) is 0. The summed E-state index contributed by atoms with van der Waals surface area (Å²) < 4.78 is 67.9. The summed E-state index contributed by atoms with van der Waals surface area (Å²) in [5.74, 6) is -4.78. The molecular formula is C18H18F3NO4S. The molecule has 0 N–H and O–H groups in total. The lowest BCUT2D eigenvalue weighted by Crippen LogP contribution is -2.29. The Balaban J connectivity index is 1.89. The summed E-state index contributed by atoms with van der Waals surface area (Å²) in [6, 6.07) is 7.30. The van der Waals surface area contributed by atoms with Gasteiger partial charge in [-0.05, 0) is 36.8 Å². The molecule has 0 aliphatic heterocycles. The lowest BCUT2D eigenvalue weighted by atomic mass is 10.2. The van der Waals surface area contributed by atoms with E-state index in [9.17, 15) is 26.4 Å². The summed E-state index contributed by atoms with van der Waals surface area (Å²) in [4.78, 5) is 13.5. The van der Waals surface area contributed by atoms with Gasteiger partial charge in [0.15, 0.2) is 27.3 Å². The Kier molecular flexibility index (Phi) is 6.48. The summed E-state index contributed by atoms with van der Waals surface area (Å²) in [7, 11) is -1.91. The second-order valence-corrected chi connectivity index (χ2v) is 7.95. The van der Waals surface area contributed by atoms with Gasteiger partial charge in [-0.25, -0.2) is 21.6 Å². The molecule has 0 aliphatic rings. The smallest absolute Gasteiger partial charge is 0.253 e. The second kappa shape index (κ2) is 8.43. The van der Waals surface area contributed by atoms with Crippen LogP contribution in [0.15, 0.2) is 41.3 Å². The van der Waals surface area contributed by atoms with Crippen molar-refractivity contribution in [3.8, 4) is 5.75 Å². The number of halogens is 3. The number of rotatable bonds is 7. The molecule has 1 amide bonds. The van der Waals surface area contributed by atoms with Gasteiger partial charge in [-0.15, -0.1) is 0 Å². The third-order valence-electron chi connectivity index (χ3n) is 3.72. The lowest BCUT2D eigenvalue weighted by Gasteiger charge is -2.17. The van der Waals surface area contributed by atoms with E-state index in [-0.39, 0.29) is 23.6 Å². The second-order valence-electron chi connectivity index (χ2n) is 5.93. The summed E-state index contributed by atoms with van der Waals surface area (Å²) in [5, 5.41) is 0. The molecular weight excluding hydrogens is 383 g/mol. The maximum atomic E-state index is 13.2. The molecule has 0 bridgehead atoms. The third kappa shape index (κ3) is 5.46. The highest BCUT2D eigenvalue weighted by atomic mass is 32.2. The van der Waals surface area contributed by atoms with Crippen molar-refractivity contribution in [2.75, 3.05) is 26.5 Å². The van der Waals surface area contributed by atoms with E-state index in [0.717, 1.165) is 6.26 Å². The fourth-order valence-corrected chi connectivity index (χ4v) is 2.94. The van der Waals surface area contributed by atoms with E-state index in [1.54, 1.807) is 12.1 Å². The minimum atomic E-state index is -3.34. The van der Waals surface area contributed by atoms with Gasteiger partial charge in [0, 0.05) is 25.4 Å². The van der Waals surface area contributed by atoms with Gasteiger partial charge in [-0.2, -0.15) is 0 Å². The van der Waals surface area contributed by atoms with Gasteiger partial charge in [0.2, 0.25) is 0 Å². The zero-order valence-corrected chi connectivity index (χ0v) is 15.5. The van der Waals surface area contributed by atoms with Crippen LogP contribution >= 0.6 is 0 Å². The van der Waals surface area contributed by atoms with Gasteiger partial charge in [0.05, 0.1) is 11.5 Å². The fourth-order valence-electron chi connectivity index (χ4n) is 2.29. The van der Waals surface area contributed by atoms with E-state index in [2.05, 4.69) is 0 Å². The molecule has 2 aromatic rings. The Hall–Kier alpha value is -2.55. The minimum absolute atomic E-state index is 0.132. The number of benzene rings is 2. The van der Waals surface area contributed by atoms with Crippen LogP contribution in [-0.4, -0.2) is 45.7 Å². The molecule has 0 saturated carbocycles. The Morgan fingerprint density at radius 1 is 1.11 bits per heavy atom. The Labute approximate surface area is 155 Å². The molecule has 0 spiro atoms. The number of nitrogens with zero attached hydrogens (tertiary/aromatic N) is 1. The molecule has 0 radical (unpaired) electrons. The van der Waals surface area contributed by atoms with Crippen LogP contribution in [-0.2, 0) is 9.84 Å². The molecule has 2 rings (SSSR count). The van der Waals surface area contributed by atoms with Gasteiger partial charge < -0.3 is 9.64 Å². The van der Waals surface area contributed by atoms with Crippen LogP contribution in [0.5, 0.6) is 5.75 Å². The van der Waals surface area contributed by atoms with Crippen LogP contribution in [0.1, 0.15) is 16.8 Å². The van der Waals surface area contributed by atoms with Crippen LogP contribution < -0.4 is 4.74 Å². The van der Waals surface area contributed by atoms with Crippen molar-refractivity contribution in [2.24, 2.45) is 0 Å². The monoisotopic (exact) mass is 401 g/mol. The van der Waals surface area contributed by atoms with Crippen molar-refractivity contribution in [3.63, 3.8) is 0 Å². The van der Waals surface area contributed by atoms with Crippen molar-refractivity contribution in [1.82, 2.24) is 4.90 Å². The molecule has 2 aromatic carbocycles. The van der Waals surface area contributed by atoms with Crippen LogP contribution in [0.25, 0.3) is 0 Å². The molecule has 0 aromatic heterocycles. The summed E-state index contributed by atoms with van der Waals surface area (Å²) >= 11 is 0. The highest BCUT2D eigenvalue weighted by molar-refractivity contribution is 7.90. The van der Waals surface area contributed by atoms with Gasteiger partial charge in [-0.3, -0.25) is 4.79 Å². The summed E-state index contributed by atoms with van der Waals surface area (Å²) in [6.07, 6.45) is 1.48. The van der Waals surface area contributed by atoms with Gasteiger partial charge in [0.1, 0.15) is 5.75 Å². The van der Waals surface area contributed by atoms with Gasteiger partial charge in [0.25, 0.3) is 5.91 Å². The molecule has 5 nitrogen and oxygen atoms in total. The zero-order chi connectivity index (χ0) is 20.2. The standard InChI is InChI=1S/C18H18F3NO4S/c1-22(18(23)12-9-15(19)17(21)16(20)10-12)7-4-8-26-13-5-3-6-14(11-13)27(2,24)25/h3,5-6,9-11H,4,7-8H2,1-2H3. The molecule has 0 aliphatic carbocycles. The third-order valence-corrected chi connectivity index (χ3v) is 4.83. The van der Waals surface area contributed by atoms with Crippen molar-refractivity contribution < 1.29 is 31.1 Å². The van der Waals surface area contributed by atoms with Crippen LogP contribution in [0.2, 0.25) is 0 Å². The van der Waals surface area contributed by atoms with E-state index in [0.29, 0.717) is 24.3 Å². The van der Waals surface area contributed by atoms with E-state index in [1.807, 2.05) is 0 Å². The van der Waals surface area contributed by atoms with Crippen molar-refractivity contribution >= 4 is 15.7 Å². The Bertz CT molecular complexity index is 924. The molecule has 27 heavy (non-hydrogen) atoms. The number of hydrogen-bond acceptors (Lipinski definition) is 4. The molecule has 0 saturated heterocycles. The zero-order valence-electron chi connectivity index (χ0n) is 14.7. The summed E-state index contributed by atoms with van der Waals surface area (Å²) in [6.45, 7) is 0.405. The first-order valence-electron chi connectivity index (χ1n) is 7.92. The number of ether oxygens (including phenoxy) is 1. The van der Waals surface area contributed by atoms with Crippen molar-refractivity contribution in [2.45, 2.75) is 11.3 Å². The number of carbonyl (C=O) groups is 1. The maximum Gasteiger partial charge on any atom is 0.253 e. The van der Waals surface area contributed by atoms with Crippen LogP contribution in [0, 0.1) is 17.5 Å². The van der Waals surface area contributed by atoms with E-state index in [1.165, 1.54) is 24.1 Å². The van der Waals surface area contributed by atoms with Gasteiger partial charge in [-0.1, -0.05) is 6.07 Å². The Morgan fingerprint density at radius 2 is 1.74 bits per heavy atom. The normalized spacial score (nSPS) is 11.3. The first kappa shape index (κ1) is 20.8. The quantitative estimate of drug-likeness (QED) is 0.529. The van der Waals surface area contributed by atoms with Crippen LogP contribution in [0.3, 0.4) is 0 Å². The lowest BCUT2D eigenvalue weighted by molar-refractivity contribution is 0.0786. The maximum absolute atomic E-state index is 13.2. The molecule has 0 atom stereocenters. The fraction of sp³-hybridized carbons (Fsp3) is 0.278. The predicted octanol–water partition coefficient (Wildman–Crippen LogP) is 3.05. The molecule has 0 heterocycles. The largest absolute Gasteiger partial charge is 0.493 e. The van der Waals surface area contributed by atoms with E-state index >= 15 is 0 Å². The van der Waals surface area contributed by atoms with Gasteiger partial charge >= 0.3 is 0 Å². The molecule has 0 unspecified atom stereocenters. The number of sulfone groups is 1. The highest BCUT2D eigenvalue weighted by Crippen LogP contribution is 2.18.